The zero-order valence-corrected chi connectivity index (χ0v) is 11.9. The lowest BCUT2D eigenvalue weighted by molar-refractivity contribution is 0.395. The van der Waals surface area contributed by atoms with E-state index in [2.05, 4.69) is 15.0 Å². The average molecular weight is 287 g/mol. The molecule has 0 atom stereocenters. The van der Waals surface area contributed by atoms with Gasteiger partial charge >= 0.3 is 0 Å². The van der Waals surface area contributed by atoms with E-state index in [1.807, 2.05) is 23.6 Å². The number of aromatic amines is 1. The summed E-state index contributed by atoms with van der Waals surface area (Å²) in [5.41, 5.74) is 2.73. The Hall–Kier alpha value is -2.34. The summed E-state index contributed by atoms with van der Waals surface area (Å²) in [6.45, 7) is 0. The van der Waals surface area contributed by atoms with Crippen LogP contribution in [0.1, 0.15) is 0 Å². The summed E-state index contributed by atoms with van der Waals surface area (Å²) in [5, 5.41) is 2.90. The van der Waals surface area contributed by atoms with Crippen molar-refractivity contribution in [2.45, 2.75) is 0 Å². The molecule has 6 heteroatoms. The van der Waals surface area contributed by atoms with Gasteiger partial charge in [0.2, 0.25) is 0 Å². The molecule has 3 rings (SSSR count). The maximum atomic E-state index is 5.41. The fourth-order valence-electron chi connectivity index (χ4n) is 1.90. The number of benzene rings is 1. The van der Waals surface area contributed by atoms with Crippen LogP contribution in [0, 0.1) is 0 Å². The lowest BCUT2D eigenvalue weighted by atomic mass is 10.1. The zero-order valence-electron chi connectivity index (χ0n) is 11.1. The van der Waals surface area contributed by atoms with Crippen LogP contribution in [0.5, 0.6) is 11.5 Å². The molecule has 3 aromatic rings. The lowest BCUT2D eigenvalue weighted by Gasteiger charge is -2.08. The smallest absolute Gasteiger partial charge is 0.142 e. The van der Waals surface area contributed by atoms with Crippen LogP contribution in [0.2, 0.25) is 0 Å². The average Bonchev–Trinajstić information content (AvgIpc) is 3.17. The van der Waals surface area contributed by atoms with E-state index in [4.69, 9.17) is 9.47 Å². The Morgan fingerprint density at radius 3 is 2.80 bits per heavy atom. The van der Waals surface area contributed by atoms with Crippen LogP contribution in [0.3, 0.4) is 0 Å². The van der Waals surface area contributed by atoms with Gasteiger partial charge in [-0.3, -0.25) is 0 Å². The number of imidazole rings is 1. The number of H-pyrrole nitrogens is 1. The summed E-state index contributed by atoms with van der Waals surface area (Å²) in [7, 11) is 3.27. The number of aromatic nitrogens is 3. The van der Waals surface area contributed by atoms with E-state index in [9.17, 15) is 0 Å². The molecule has 0 fully saturated rings. The van der Waals surface area contributed by atoms with Gasteiger partial charge in [-0.2, -0.15) is 0 Å². The standard InChI is InChI=1S/C14H13N3O2S/c1-18-9-3-4-10(13(5-9)19-2)12-7-20-14(17-12)11-6-15-8-16-11/h3-8H,1-2H3,(H,15,16). The minimum Gasteiger partial charge on any atom is -0.497 e. The number of ether oxygens (including phenoxy) is 2. The molecule has 2 aromatic heterocycles. The van der Waals surface area contributed by atoms with E-state index in [0.717, 1.165) is 33.5 Å². The van der Waals surface area contributed by atoms with Crippen molar-refractivity contribution >= 4 is 11.3 Å². The molecule has 0 radical (unpaired) electrons. The molecular weight excluding hydrogens is 274 g/mol. The zero-order chi connectivity index (χ0) is 13.9. The van der Waals surface area contributed by atoms with Crippen LogP contribution in [0.25, 0.3) is 22.0 Å². The van der Waals surface area contributed by atoms with Crippen molar-refractivity contribution in [2.75, 3.05) is 14.2 Å². The quantitative estimate of drug-likeness (QED) is 0.800. The van der Waals surface area contributed by atoms with E-state index < -0.39 is 0 Å². The predicted molar refractivity (Wildman–Crippen MR) is 78.2 cm³/mol. The number of rotatable bonds is 4. The van der Waals surface area contributed by atoms with Crippen molar-refractivity contribution in [3.05, 3.63) is 36.1 Å². The molecule has 0 amide bonds. The summed E-state index contributed by atoms with van der Waals surface area (Å²) in [6, 6.07) is 5.70. The fraction of sp³-hybridized carbons (Fsp3) is 0.143. The van der Waals surface area contributed by atoms with Gasteiger partial charge in [-0.25, -0.2) is 9.97 Å². The Balaban J connectivity index is 2.01. The third-order valence-corrected chi connectivity index (χ3v) is 3.79. The van der Waals surface area contributed by atoms with Crippen LogP contribution in [-0.4, -0.2) is 29.2 Å². The highest BCUT2D eigenvalue weighted by molar-refractivity contribution is 7.13. The van der Waals surface area contributed by atoms with Gasteiger partial charge in [-0.05, 0) is 12.1 Å². The van der Waals surface area contributed by atoms with Crippen molar-refractivity contribution in [3.63, 3.8) is 0 Å². The fourth-order valence-corrected chi connectivity index (χ4v) is 2.70. The molecule has 0 saturated carbocycles. The molecule has 20 heavy (non-hydrogen) atoms. The second-order valence-electron chi connectivity index (χ2n) is 4.07. The first-order valence-corrected chi connectivity index (χ1v) is 6.86. The Kier molecular flexibility index (Phi) is 3.39. The van der Waals surface area contributed by atoms with Crippen LogP contribution >= 0.6 is 11.3 Å². The highest BCUT2D eigenvalue weighted by Crippen LogP contribution is 2.35. The van der Waals surface area contributed by atoms with Crippen molar-refractivity contribution in [1.82, 2.24) is 15.0 Å². The Morgan fingerprint density at radius 1 is 1.20 bits per heavy atom. The molecule has 102 valence electrons. The SMILES string of the molecule is COc1ccc(-c2csc(-c3cnc[nH]3)n2)c(OC)c1. The molecule has 2 heterocycles. The van der Waals surface area contributed by atoms with Crippen molar-refractivity contribution in [1.29, 1.82) is 0 Å². The number of nitrogens with one attached hydrogen (secondary N) is 1. The third kappa shape index (κ3) is 2.25. The van der Waals surface area contributed by atoms with Gasteiger partial charge in [0.15, 0.2) is 0 Å². The Labute approximate surface area is 120 Å². The molecule has 0 aliphatic rings. The molecule has 0 unspecified atom stereocenters. The first-order valence-electron chi connectivity index (χ1n) is 5.98. The van der Waals surface area contributed by atoms with Crippen molar-refractivity contribution < 1.29 is 9.47 Å². The summed E-state index contributed by atoms with van der Waals surface area (Å²) < 4.78 is 10.6. The monoisotopic (exact) mass is 287 g/mol. The van der Waals surface area contributed by atoms with Crippen LogP contribution in [0.15, 0.2) is 36.1 Å². The molecule has 0 spiro atoms. The van der Waals surface area contributed by atoms with Crippen LogP contribution in [-0.2, 0) is 0 Å². The summed E-state index contributed by atoms with van der Waals surface area (Å²) in [4.78, 5) is 11.7. The predicted octanol–water partition coefficient (Wildman–Crippen LogP) is 3.22. The van der Waals surface area contributed by atoms with Crippen LogP contribution in [0.4, 0.5) is 0 Å². The minimum atomic E-state index is 0.741. The van der Waals surface area contributed by atoms with E-state index in [-0.39, 0.29) is 0 Å². The van der Waals surface area contributed by atoms with Gasteiger partial charge in [0.1, 0.15) is 16.5 Å². The normalized spacial score (nSPS) is 10.5. The molecule has 5 nitrogen and oxygen atoms in total. The summed E-state index contributed by atoms with van der Waals surface area (Å²) >= 11 is 1.56. The Bertz CT molecular complexity index is 707. The second-order valence-corrected chi connectivity index (χ2v) is 4.93. The number of methoxy groups -OCH3 is 2. The Morgan fingerprint density at radius 2 is 2.10 bits per heavy atom. The number of hydrogen-bond donors (Lipinski definition) is 1. The highest BCUT2D eigenvalue weighted by Gasteiger charge is 2.12. The molecule has 1 N–H and O–H groups in total. The van der Waals surface area contributed by atoms with Gasteiger partial charge in [0.05, 0.1) is 38.1 Å². The summed E-state index contributed by atoms with van der Waals surface area (Å²) in [5.74, 6) is 1.50. The van der Waals surface area contributed by atoms with E-state index in [1.54, 1.807) is 38.1 Å². The maximum absolute atomic E-state index is 5.41. The topological polar surface area (TPSA) is 60.0 Å². The highest BCUT2D eigenvalue weighted by atomic mass is 32.1. The molecule has 0 aliphatic carbocycles. The first kappa shape index (κ1) is 12.7. The van der Waals surface area contributed by atoms with Crippen molar-refractivity contribution in [2.24, 2.45) is 0 Å². The number of nitrogens with zero attached hydrogens (tertiary/aromatic N) is 2. The minimum absolute atomic E-state index is 0.741. The third-order valence-electron chi connectivity index (χ3n) is 2.92. The van der Waals surface area contributed by atoms with Crippen molar-refractivity contribution in [3.8, 4) is 33.5 Å². The van der Waals surface area contributed by atoms with Gasteiger partial charge in [0, 0.05) is 17.0 Å². The maximum Gasteiger partial charge on any atom is 0.142 e. The van der Waals surface area contributed by atoms with E-state index in [1.165, 1.54) is 0 Å². The first-order chi connectivity index (χ1) is 9.81. The number of hydrogen-bond acceptors (Lipinski definition) is 5. The lowest BCUT2D eigenvalue weighted by Crippen LogP contribution is -1.90. The molecule has 0 aliphatic heterocycles. The summed E-state index contributed by atoms with van der Waals surface area (Å²) in [6.07, 6.45) is 3.40. The van der Waals surface area contributed by atoms with Gasteiger partial charge in [-0.15, -0.1) is 11.3 Å². The van der Waals surface area contributed by atoms with Gasteiger partial charge < -0.3 is 14.5 Å². The molecule has 0 bridgehead atoms. The molecule has 1 aromatic carbocycles. The second kappa shape index (κ2) is 5.34. The number of thiazole rings is 1. The van der Waals surface area contributed by atoms with Crippen LogP contribution < -0.4 is 9.47 Å². The molecule has 0 saturated heterocycles. The van der Waals surface area contributed by atoms with Gasteiger partial charge in [0.25, 0.3) is 0 Å². The van der Waals surface area contributed by atoms with Gasteiger partial charge in [-0.1, -0.05) is 0 Å². The largest absolute Gasteiger partial charge is 0.497 e. The van der Waals surface area contributed by atoms with E-state index in [0.29, 0.717) is 0 Å². The molecular formula is C14H13N3O2S. The van der Waals surface area contributed by atoms with E-state index >= 15 is 0 Å².